The molecular formula is C13H18FN. The zero-order chi connectivity index (χ0) is 11.0. The van der Waals surface area contributed by atoms with Crippen molar-refractivity contribution in [1.82, 2.24) is 0 Å². The van der Waals surface area contributed by atoms with E-state index in [4.69, 9.17) is 5.73 Å². The molecule has 0 aromatic heterocycles. The Morgan fingerprint density at radius 1 is 1.40 bits per heavy atom. The number of nitrogens with two attached hydrogens (primary N) is 1. The van der Waals surface area contributed by atoms with Gasteiger partial charge in [-0.15, -0.1) is 0 Å². The van der Waals surface area contributed by atoms with Gasteiger partial charge in [0.25, 0.3) is 0 Å². The molecule has 1 aromatic rings. The zero-order valence-corrected chi connectivity index (χ0v) is 9.33. The smallest absolute Gasteiger partial charge is 0.123 e. The Morgan fingerprint density at radius 2 is 2.13 bits per heavy atom. The molecule has 15 heavy (non-hydrogen) atoms. The van der Waals surface area contributed by atoms with Gasteiger partial charge in [-0.1, -0.05) is 19.9 Å². The highest BCUT2D eigenvalue weighted by Gasteiger charge is 2.29. The van der Waals surface area contributed by atoms with Gasteiger partial charge < -0.3 is 5.73 Å². The van der Waals surface area contributed by atoms with Gasteiger partial charge >= 0.3 is 0 Å². The summed E-state index contributed by atoms with van der Waals surface area (Å²) in [4.78, 5) is 0. The largest absolute Gasteiger partial charge is 0.327 e. The van der Waals surface area contributed by atoms with Crippen molar-refractivity contribution in [2.24, 2.45) is 11.7 Å². The van der Waals surface area contributed by atoms with Crippen molar-refractivity contribution in [3.05, 3.63) is 35.1 Å². The highest BCUT2D eigenvalue weighted by Crippen LogP contribution is 2.36. The summed E-state index contributed by atoms with van der Waals surface area (Å²) >= 11 is 0. The Balaban J connectivity index is 2.46. The maximum Gasteiger partial charge on any atom is 0.123 e. The van der Waals surface area contributed by atoms with E-state index in [0.717, 1.165) is 18.4 Å². The van der Waals surface area contributed by atoms with Crippen LogP contribution in [0.3, 0.4) is 0 Å². The van der Waals surface area contributed by atoms with E-state index in [9.17, 15) is 4.39 Å². The lowest BCUT2D eigenvalue weighted by Gasteiger charge is -2.34. The van der Waals surface area contributed by atoms with Crippen molar-refractivity contribution in [3.8, 4) is 0 Å². The summed E-state index contributed by atoms with van der Waals surface area (Å²) in [5.74, 6) is 0.638. The SMILES string of the molecule is CC(C)C1c2cc(F)ccc2CCC1N. The van der Waals surface area contributed by atoms with Gasteiger partial charge in [0, 0.05) is 12.0 Å². The number of halogens is 1. The molecule has 2 atom stereocenters. The molecule has 0 radical (unpaired) electrons. The summed E-state index contributed by atoms with van der Waals surface area (Å²) in [7, 11) is 0. The van der Waals surface area contributed by atoms with Crippen molar-refractivity contribution >= 4 is 0 Å². The average Bonchev–Trinajstić information content (AvgIpc) is 2.16. The lowest BCUT2D eigenvalue weighted by atomic mass is 9.74. The molecule has 2 heteroatoms. The summed E-state index contributed by atoms with van der Waals surface area (Å²) in [6.45, 7) is 4.31. The van der Waals surface area contributed by atoms with E-state index in [-0.39, 0.29) is 11.9 Å². The quantitative estimate of drug-likeness (QED) is 0.753. The van der Waals surface area contributed by atoms with Gasteiger partial charge in [-0.25, -0.2) is 4.39 Å². The van der Waals surface area contributed by atoms with Gasteiger partial charge in [-0.05, 0) is 42.0 Å². The summed E-state index contributed by atoms with van der Waals surface area (Å²) in [5.41, 5.74) is 8.53. The van der Waals surface area contributed by atoms with E-state index < -0.39 is 0 Å². The third-order valence-corrected chi connectivity index (χ3v) is 3.39. The summed E-state index contributed by atoms with van der Waals surface area (Å²) in [6, 6.07) is 5.30. The fraction of sp³-hybridized carbons (Fsp3) is 0.538. The van der Waals surface area contributed by atoms with Crippen LogP contribution >= 0.6 is 0 Å². The first-order chi connectivity index (χ1) is 7.09. The molecule has 2 unspecified atom stereocenters. The van der Waals surface area contributed by atoms with Crippen LogP contribution in [0.5, 0.6) is 0 Å². The second-order valence-corrected chi connectivity index (χ2v) is 4.82. The van der Waals surface area contributed by atoms with E-state index in [1.807, 2.05) is 6.07 Å². The fourth-order valence-corrected chi connectivity index (χ4v) is 2.69. The van der Waals surface area contributed by atoms with E-state index in [2.05, 4.69) is 13.8 Å². The first-order valence-corrected chi connectivity index (χ1v) is 5.63. The molecule has 0 fully saturated rings. The van der Waals surface area contributed by atoms with E-state index >= 15 is 0 Å². The van der Waals surface area contributed by atoms with Gasteiger partial charge in [0.05, 0.1) is 0 Å². The maximum absolute atomic E-state index is 13.2. The van der Waals surface area contributed by atoms with Crippen LogP contribution in [0.2, 0.25) is 0 Å². The predicted octanol–water partition coefficient (Wildman–Crippen LogP) is 2.84. The highest BCUT2D eigenvalue weighted by atomic mass is 19.1. The zero-order valence-electron chi connectivity index (χ0n) is 9.33. The molecule has 1 nitrogen and oxygen atoms in total. The molecule has 0 saturated carbocycles. The van der Waals surface area contributed by atoms with Crippen LogP contribution in [0.1, 0.15) is 37.3 Å². The Morgan fingerprint density at radius 3 is 2.80 bits per heavy atom. The average molecular weight is 207 g/mol. The molecule has 1 aliphatic rings. The number of rotatable bonds is 1. The Labute approximate surface area is 90.5 Å². The molecule has 1 aromatic carbocycles. The molecule has 2 N–H and O–H groups in total. The highest BCUT2D eigenvalue weighted by molar-refractivity contribution is 5.35. The van der Waals surface area contributed by atoms with Crippen molar-refractivity contribution in [3.63, 3.8) is 0 Å². The molecule has 0 spiro atoms. The number of hydrogen-bond acceptors (Lipinski definition) is 1. The number of benzene rings is 1. The van der Waals surface area contributed by atoms with Gasteiger partial charge in [0.2, 0.25) is 0 Å². The molecular weight excluding hydrogens is 189 g/mol. The van der Waals surface area contributed by atoms with Gasteiger partial charge in [-0.3, -0.25) is 0 Å². The molecule has 0 saturated heterocycles. The van der Waals surface area contributed by atoms with Crippen LogP contribution in [0.15, 0.2) is 18.2 Å². The molecule has 1 aliphatic carbocycles. The number of fused-ring (bicyclic) bond motifs is 1. The first-order valence-electron chi connectivity index (χ1n) is 5.63. The lowest BCUT2D eigenvalue weighted by Crippen LogP contribution is -2.36. The first kappa shape index (κ1) is 10.6. The topological polar surface area (TPSA) is 26.0 Å². The predicted molar refractivity (Wildman–Crippen MR) is 60.3 cm³/mol. The van der Waals surface area contributed by atoms with Crippen LogP contribution in [0.4, 0.5) is 4.39 Å². The van der Waals surface area contributed by atoms with E-state index in [1.54, 1.807) is 12.1 Å². The van der Waals surface area contributed by atoms with Crippen LogP contribution in [0, 0.1) is 11.7 Å². The minimum Gasteiger partial charge on any atom is -0.327 e. The minimum absolute atomic E-state index is 0.145. The van der Waals surface area contributed by atoms with Crippen molar-refractivity contribution in [2.75, 3.05) is 0 Å². The summed E-state index contributed by atoms with van der Waals surface area (Å²) in [6.07, 6.45) is 2.00. The number of aryl methyl sites for hydroxylation is 1. The third-order valence-electron chi connectivity index (χ3n) is 3.39. The van der Waals surface area contributed by atoms with Crippen molar-refractivity contribution < 1.29 is 4.39 Å². The normalized spacial score (nSPS) is 25.4. The third kappa shape index (κ3) is 1.91. The molecule has 0 bridgehead atoms. The Bertz CT molecular complexity index is 360. The van der Waals surface area contributed by atoms with Crippen LogP contribution in [-0.4, -0.2) is 6.04 Å². The molecule has 0 aliphatic heterocycles. The van der Waals surface area contributed by atoms with Crippen LogP contribution in [-0.2, 0) is 6.42 Å². The standard InChI is InChI=1S/C13H18FN/c1-8(2)13-11-7-10(14)5-3-9(11)4-6-12(13)15/h3,5,7-8,12-13H,4,6,15H2,1-2H3. The van der Waals surface area contributed by atoms with Crippen molar-refractivity contribution in [1.29, 1.82) is 0 Å². The second-order valence-electron chi connectivity index (χ2n) is 4.82. The number of hydrogen-bond donors (Lipinski definition) is 1. The minimum atomic E-state index is -0.145. The molecule has 2 rings (SSSR count). The maximum atomic E-state index is 13.2. The van der Waals surface area contributed by atoms with E-state index in [0.29, 0.717) is 11.8 Å². The van der Waals surface area contributed by atoms with Gasteiger partial charge in [-0.2, -0.15) is 0 Å². The van der Waals surface area contributed by atoms with Crippen LogP contribution in [0.25, 0.3) is 0 Å². The Hall–Kier alpha value is -0.890. The summed E-state index contributed by atoms with van der Waals surface area (Å²) < 4.78 is 13.2. The molecule has 0 heterocycles. The monoisotopic (exact) mass is 207 g/mol. The fourth-order valence-electron chi connectivity index (χ4n) is 2.69. The lowest BCUT2D eigenvalue weighted by molar-refractivity contribution is 0.378. The van der Waals surface area contributed by atoms with Gasteiger partial charge in [0.1, 0.15) is 5.82 Å². The van der Waals surface area contributed by atoms with E-state index in [1.165, 1.54) is 5.56 Å². The Kier molecular flexibility index (Phi) is 2.79. The van der Waals surface area contributed by atoms with Crippen molar-refractivity contribution in [2.45, 2.75) is 38.6 Å². The van der Waals surface area contributed by atoms with Crippen LogP contribution < -0.4 is 5.73 Å². The summed E-state index contributed by atoms with van der Waals surface area (Å²) in [5, 5.41) is 0. The van der Waals surface area contributed by atoms with Gasteiger partial charge in [0.15, 0.2) is 0 Å². The second kappa shape index (κ2) is 3.93. The molecule has 0 amide bonds. The molecule has 82 valence electrons.